The predicted molar refractivity (Wildman–Crippen MR) is 28.1 cm³/mol. The van der Waals surface area contributed by atoms with Crippen molar-refractivity contribution in [1.29, 1.82) is 0 Å². The molecular formula is C6H6OZn2. The summed E-state index contributed by atoms with van der Waals surface area (Å²) < 4.78 is 0. The number of aromatic hydroxyl groups is 1. The number of benzene rings is 1. The zero-order chi connectivity index (χ0) is 5.11. The Kier molecular flexibility index (Phi) is 8.51. The van der Waals surface area contributed by atoms with Crippen molar-refractivity contribution in [2.45, 2.75) is 0 Å². The molecule has 0 radical (unpaired) electrons. The van der Waals surface area contributed by atoms with E-state index in [4.69, 9.17) is 5.11 Å². The van der Waals surface area contributed by atoms with Gasteiger partial charge in [-0.3, -0.25) is 0 Å². The van der Waals surface area contributed by atoms with Gasteiger partial charge in [-0.1, -0.05) is 18.2 Å². The van der Waals surface area contributed by atoms with E-state index in [2.05, 4.69) is 0 Å². The van der Waals surface area contributed by atoms with Crippen molar-refractivity contribution in [2.75, 3.05) is 0 Å². The third-order valence-corrected chi connectivity index (χ3v) is 0.756. The minimum absolute atomic E-state index is 0. The van der Waals surface area contributed by atoms with Crippen molar-refractivity contribution in [3.8, 4) is 5.75 Å². The van der Waals surface area contributed by atoms with E-state index >= 15 is 0 Å². The maximum atomic E-state index is 8.63. The molecule has 1 N–H and O–H groups in total. The molecule has 0 saturated heterocycles. The van der Waals surface area contributed by atoms with Crippen LogP contribution in [0.15, 0.2) is 30.3 Å². The second-order valence-corrected chi connectivity index (χ2v) is 1.34. The van der Waals surface area contributed by atoms with Crippen LogP contribution in [0.2, 0.25) is 0 Å². The van der Waals surface area contributed by atoms with Crippen LogP contribution < -0.4 is 0 Å². The zero-order valence-corrected chi connectivity index (χ0v) is 11.2. The van der Waals surface area contributed by atoms with Crippen LogP contribution in [0.1, 0.15) is 0 Å². The van der Waals surface area contributed by atoms with E-state index in [-0.39, 0.29) is 39.0 Å². The maximum absolute atomic E-state index is 8.63. The van der Waals surface area contributed by atoms with Gasteiger partial charge in [0.1, 0.15) is 5.75 Å². The van der Waals surface area contributed by atoms with Crippen molar-refractivity contribution >= 4 is 0 Å². The van der Waals surface area contributed by atoms with E-state index in [9.17, 15) is 0 Å². The number of phenolic OH excluding ortho intramolecular Hbond substituents is 1. The van der Waals surface area contributed by atoms with E-state index in [0.29, 0.717) is 5.75 Å². The number of rotatable bonds is 0. The first-order valence-corrected chi connectivity index (χ1v) is 2.13. The van der Waals surface area contributed by atoms with E-state index in [1.165, 1.54) is 0 Å². The molecule has 0 amide bonds. The first kappa shape index (κ1) is 12.0. The minimum atomic E-state index is 0. The van der Waals surface area contributed by atoms with Crippen molar-refractivity contribution in [3.63, 3.8) is 0 Å². The van der Waals surface area contributed by atoms with Crippen LogP contribution in [0.4, 0.5) is 0 Å². The van der Waals surface area contributed by atoms with E-state index in [1.807, 2.05) is 6.07 Å². The molecule has 0 aliphatic rings. The molecule has 3 heteroatoms. The van der Waals surface area contributed by atoms with Crippen LogP contribution in [0.5, 0.6) is 5.75 Å². The van der Waals surface area contributed by atoms with Crippen LogP contribution in [0, 0.1) is 0 Å². The van der Waals surface area contributed by atoms with Crippen molar-refractivity contribution < 1.29 is 44.1 Å². The Hall–Kier alpha value is 0.267. The van der Waals surface area contributed by atoms with Gasteiger partial charge in [0.2, 0.25) is 0 Å². The quantitative estimate of drug-likeness (QED) is 0.661. The molecule has 1 aromatic carbocycles. The van der Waals surface area contributed by atoms with Gasteiger partial charge in [-0.15, -0.1) is 0 Å². The van der Waals surface area contributed by atoms with Crippen LogP contribution in [0.25, 0.3) is 0 Å². The first-order chi connectivity index (χ1) is 3.39. The Morgan fingerprint density at radius 1 is 0.889 bits per heavy atom. The number of phenols is 1. The molecule has 0 spiro atoms. The monoisotopic (exact) mass is 222 g/mol. The molecule has 0 saturated carbocycles. The number of hydrogen-bond donors (Lipinski definition) is 1. The summed E-state index contributed by atoms with van der Waals surface area (Å²) in [6.45, 7) is 0. The fraction of sp³-hybridized carbons (Fsp3) is 0. The Bertz CT molecular complexity index is 141. The van der Waals surface area contributed by atoms with Gasteiger partial charge >= 0.3 is 0 Å². The van der Waals surface area contributed by atoms with Gasteiger partial charge in [-0.25, -0.2) is 0 Å². The average Bonchev–Trinajstić information content (AvgIpc) is 1.69. The molecule has 0 unspecified atom stereocenters. The van der Waals surface area contributed by atoms with Gasteiger partial charge in [0, 0.05) is 39.0 Å². The molecule has 0 atom stereocenters. The van der Waals surface area contributed by atoms with Gasteiger partial charge in [0.25, 0.3) is 0 Å². The molecule has 1 rings (SSSR count). The van der Waals surface area contributed by atoms with Gasteiger partial charge in [0.05, 0.1) is 0 Å². The Labute approximate surface area is 80.0 Å². The SMILES string of the molecule is Oc1ccccc1.[Zn].[Zn]. The molecule has 0 aromatic heterocycles. The minimum Gasteiger partial charge on any atom is -0.508 e. The third-order valence-electron chi connectivity index (χ3n) is 0.756. The summed E-state index contributed by atoms with van der Waals surface area (Å²) in [5.41, 5.74) is 0. The fourth-order valence-corrected chi connectivity index (χ4v) is 0.428. The largest absolute Gasteiger partial charge is 0.508 e. The molecule has 9 heavy (non-hydrogen) atoms. The van der Waals surface area contributed by atoms with E-state index in [0.717, 1.165) is 0 Å². The molecule has 0 bridgehead atoms. The molecule has 0 aliphatic carbocycles. The topological polar surface area (TPSA) is 20.2 Å². The van der Waals surface area contributed by atoms with Crippen LogP contribution in [-0.4, -0.2) is 5.11 Å². The second-order valence-electron chi connectivity index (χ2n) is 1.34. The Balaban J connectivity index is 0. The van der Waals surface area contributed by atoms with Crippen molar-refractivity contribution in [1.82, 2.24) is 0 Å². The van der Waals surface area contributed by atoms with Crippen LogP contribution in [0.3, 0.4) is 0 Å². The summed E-state index contributed by atoms with van der Waals surface area (Å²) >= 11 is 0. The maximum Gasteiger partial charge on any atom is 0.115 e. The van der Waals surface area contributed by atoms with Crippen molar-refractivity contribution in [3.05, 3.63) is 30.3 Å². The van der Waals surface area contributed by atoms with E-state index in [1.54, 1.807) is 24.3 Å². The first-order valence-electron chi connectivity index (χ1n) is 2.13. The van der Waals surface area contributed by atoms with Gasteiger partial charge in [-0.2, -0.15) is 0 Å². The van der Waals surface area contributed by atoms with E-state index < -0.39 is 0 Å². The summed E-state index contributed by atoms with van der Waals surface area (Å²) in [5.74, 6) is 0.322. The fourth-order valence-electron chi connectivity index (χ4n) is 0.428. The Morgan fingerprint density at radius 2 is 1.33 bits per heavy atom. The molecular weight excluding hydrogens is 219 g/mol. The molecule has 0 fully saturated rings. The molecule has 40 valence electrons. The van der Waals surface area contributed by atoms with Gasteiger partial charge in [0.15, 0.2) is 0 Å². The number of hydrogen-bond acceptors (Lipinski definition) is 1. The van der Waals surface area contributed by atoms with Crippen LogP contribution in [-0.2, 0) is 39.0 Å². The summed E-state index contributed by atoms with van der Waals surface area (Å²) in [6, 6.07) is 8.71. The summed E-state index contributed by atoms with van der Waals surface area (Å²) in [7, 11) is 0. The van der Waals surface area contributed by atoms with Crippen molar-refractivity contribution in [2.24, 2.45) is 0 Å². The third kappa shape index (κ3) is 4.75. The molecule has 0 heterocycles. The van der Waals surface area contributed by atoms with Gasteiger partial charge < -0.3 is 5.11 Å². The normalized spacial score (nSPS) is 6.67. The predicted octanol–water partition coefficient (Wildman–Crippen LogP) is 1.39. The molecule has 1 aromatic rings. The molecule has 1 nitrogen and oxygen atoms in total. The average molecular weight is 225 g/mol. The Morgan fingerprint density at radius 3 is 1.56 bits per heavy atom. The summed E-state index contributed by atoms with van der Waals surface area (Å²) in [6.07, 6.45) is 0. The standard InChI is InChI=1S/C6H6O.2Zn/c7-6-4-2-1-3-5-6;;/h1-5,7H;;. The smallest absolute Gasteiger partial charge is 0.115 e. The summed E-state index contributed by atoms with van der Waals surface area (Å²) in [5, 5.41) is 8.63. The molecule has 0 aliphatic heterocycles. The summed E-state index contributed by atoms with van der Waals surface area (Å²) in [4.78, 5) is 0. The zero-order valence-electron chi connectivity index (χ0n) is 5.25. The van der Waals surface area contributed by atoms with Crippen LogP contribution >= 0.6 is 0 Å². The van der Waals surface area contributed by atoms with Gasteiger partial charge in [-0.05, 0) is 12.1 Å². The second kappa shape index (κ2) is 6.39. The number of para-hydroxylation sites is 1.